The quantitative estimate of drug-likeness (QED) is 0.371. The van der Waals surface area contributed by atoms with E-state index < -0.39 is 0 Å². The Labute approximate surface area is 153 Å². The van der Waals surface area contributed by atoms with Gasteiger partial charge in [-0.25, -0.2) is 12.2 Å². The summed E-state index contributed by atoms with van der Waals surface area (Å²) in [4.78, 5) is 0. The van der Waals surface area contributed by atoms with E-state index in [2.05, 4.69) is 28.1 Å². The predicted octanol–water partition coefficient (Wildman–Crippen LogP) is 5.50. The molecule has 1 rings (SSSR count). The van der Waals surface area contributed by atoms with Gasteiger partial charge >= 0.3 is 25.8 Å². The molecule has 0 aromatic heterocycles. The first-order valence-corrected chi connectivity index (χ1v) is 7.86. The zero-order chi connectivity index (χ0) is 15.9. The van der Waals surface area contributed by atoms with E-state index in [4.69, 9.17) is 0 Å². The average molecular weight is 460 g/mol. The summed E-state index contributed by atoms with van der Waals surface area (Å²) >= 11 is 0. The maximum atomic E-state index is 3.97. The van der Waals surface area contributed by atoms with Crippen LogP contribution in [0.15, 0.2) is 18.2 Å². The topological polar surface area (TPSA) is 42.3 Å². The summed E-state index contributed by atoms with van der Waals surface area (Å²) in [6.07, 6.45) is 10.0. The fraction of sp³-hybridized carbons (Fsp3) is 0.765. The van der Waals surface area contributed by atoms with Gasteiger partial charge in [0.2, 0.25) is 0 Å². The second-order valence-electron chi connectivity index (χ2n) is 3.57. The molecular formula is C17H35HfN3. The van der Waals surface area contributed by atoms with Crippen molar-refractivity contribution in [1.29, 1.82) is 0 Å². The normalized spacial score (nSPS) is 10.2. The van der Waals surface area contributed by atoms with Crippen molar-refractivity contribution in [2.75, 3.05) is 39.3 Å². The van der Waals surface area contributed by atoms with Crippen LogP contribution >= 0.6 is 0 Å². The SMILES string of the molecule is CC[N-]CC.CC[N-]CC.CC[N-]CC.[C-]1=CC=CC1.[Hf+4]. The molecule has 0 aliphatic heterocycles. The van der Waals surface area contributed by atoms with Crippen molar-refractivity contribution in [3.8, 4) is 0 Å². The van der Waals surface area contributed by atoms with Crippen molar-refractivity contribution >= 4 is 0 Å². The van der Waals surface area contributed by atoms with E-state index in [-0.39, 0.29) is 25.8 Å². The first-order valence-electron chi connectivity index (χ1n) is 7.86. The standard InChI is InChI=1S/C5H5.3C4H10N.Hf/c1-2-4-5-3-1;3*1-3-5-4-2;/h1-3H,4H2;3*3-4H2,1-2H3;/q4*-1;+4. The molecule has 3 nitrogen and oxygen atoms in total. The van der Waals surface area contributed by atoms with Gasteiger partial charge in [-0.05, 0) is 0 Å². The Morgan fingerprint density at radius 2 is 1.05 bits per heavy atom. The maximum absolute atomic E-state index is 3.97. The van der Waals surface area contributed by atoms with Crippen molar-refractivity contribution in [2.24, 2.45) is 0 Å². The van der Waals surface area contributed by atoms with Crippen LogP contribution in [0.25, 0.3) is 16.0 Å². The third kappa shape index (κ3) is 53.3. The van der Waals surface area contributed by atoms with Crippen LogP contribution in [0.3, 0.4) is 0 Å². The molecule has 0 N–H and O–H groups in total. The average Bonchev–Trinajstić information content (AvgIpc) is 3.02. The van der Waals surface area contributed by atoms with Crippen molar-refractivity contribution in [3.05, 3.63) is 40.3 Å². The zero-order valence-electron chi connectivity index (χ0n) is 15.0. The molecule has 4 heteroatoms. The van der Waals surface area contributed by atoms with Crippen molar-refractivity contribution < 1.29 is 25.8 Å². The molecule has 0 unspecified atom stereocenters. The minimum Gasteiger partial charge on any atom is -0.663 e. The molecule has 0 heterocycles. The van der Waals surface area contributed by atoms with Gasteiger partial charge in [0.05, 0.1) is 0 Å². The van der Waals surface area contributed by atoms with E-state index in [0.717, 1.165) is 45.7 Å². The monoisotopic (exact) mass is 461 g/mol. The van der Waals surface area contributed by atoms with Gasteiger partial charge in [-0.3, -0.25) is 6.08 Å². The summed E-state index contributed by atoms with van der Waals surface area (Å²) < 4.78 is 0. The van der Waals surface area contributed by atoms with Gasteiger partial charge in [0.1, 0.15) is 0 Å². The van der Waals surface area contributed by atoms with Gasteiger partial charge < -0.3 is 16.0 Å². The van der Waals surface area contributed by atoms with Crippen molar-refractivity contribution in [2.45, 2.75) is 48.0 Å². The Morgan fingerprint density at radius 1 is 0.714 bits per heavy atom. The van der Waals surface area contributed by atoms with E-state index in [9.17, 15) is 0 Å². The molecule has 0 fully saturated rings. The fourth-order valence-corrected chi connectivity index (χ4v) is 1.01. The molecule has 0 radical (unpaired) electrons. The number of hydrogen-bond acceptors (Lipinski definition) is 0. The van der Waals surface area contributed by atoms with Crippen LogP contribution < -0.4 is 0 Å². The molecule has 0 spiro atoms. The third-order valence-corrected chi connectivity index (χ3v) is 1.93. The summed E-state index contributed by atoms with van der Waals surface area (Å²) in [5.74, 6) is 0. The second-order valence-corrected chi connectivity index (χ2v) is 3.57. The van der Waals surface area contributed by atoms with Crippen LogP contribution in [0, 0.1) is 6.08 Å². The molecule has 122 valence electrons. The van der Waals surface area contributed by atoms with Gasteiger partial charge in [0, 0.05) is 0 Å². The maximum Gasteiger partial charge on any atom is 4.00 e. The van der Waals surface area contributed by atoms with Crippen LogP contribution in [0.4, 0.5) is 0 Å². The van der Waals surface area contributed by atoms with Crippen LogP contribution in [-0.2, 0) is 25.8 Å². The van der Waals surface area contributed by atoms with E-state index in [1.54, 1.807) is 0 Å². The van der Waals surface area contributed by atoms with E-state index in [0.29, 0.717) is 0 Å². The minimum atomic E-state index is 0. The molecule has 0 atom stereocenters. The molecule has 0 amide bonds. The van der Waals surface area contributed by atoms with E-state index in [1.165, 1.54) is 0 Å². The van der Waals surface area contributed by atoms with Crippen molar-refractivity contribution in [1.82, 2.24) is 0 Å². The molecule has 1 aliphatic carbocycles. The Hall–Kier alpha value is 0.230. The van der Waals surface area contributed by atoms with Gasteiger partial charge in [-0.2, -0.15) is 45.3 Å². The van der Waals surface area contributed by atoms with Crippen LogP contribution in [-0.4, -0.2) is 39.3 Å². The Morgan fingerprint density at radius 3 is 1.10 bits per heavy atom. The summed E-state index contributed by atoms with van der Waals surface area (Å²) in [6.45, 7) is 18.1. The Balaban J connectivity index is -0.0000000903. The molecule has 21 heavy (non-hydrogen) atoms. The fourth-order valence-electron chi connectivity index (χ4n) is 1.01. The first kappa shape index (κ1) is 29.3. The van der Waals surface area contributed by atoms with E-state index >= 15 is 0 Å². The Bertz CT molecular complexity index is 153. The second kappa shape index (κ2) is 36.9. The largest absolute Gasteiger partial charge is 4.00 e. The van der Waals surface area contributed by atoms with Gasteiger partial charge in [0.25, 0.3) is 0 Å². The third-order valence-electron chi connectivity index (χ3n) is 1.93. The molecule has 0 aromatic rings. The summed E-state index contributed by atoms with van der Waals surface area (Å²) in [5.41, 5.74) is 0. The van der Waals surface area contributed by atoms with Gasteiger partial charge in [0.15, 0.2) is 0 Å². The predicted molar refractivity (Wildman–Crippen MR) is 94.9 cm³/mol. The number of hydrogen-bond donors (Lipinski definition) is 0. The minimum absolute atomic E-state index is 0. The Kier molecular flexibility index (Phi) is 51.5. The summed E-state index contributed by atoms with van der Waals surface area (Å²) in [5, 5.41) is 11.9. The molecule has 0 bridgehead atoms. The molecule has 0 aromatic carbocycles. The molecule has 0 saturated heterocycles. The zero-order valence-corrected chi connectivity index (χ0v) is 18.6. The number of allylic oxidation sites excluding steroid dienone is 4. The summed E-state index contributed by atoms with van der Waals surface area (Å²) in [6, 6.07) is 0. The van der Waals surface area contributed by atoms with E-state index in [1.807, 2.05) is 53.7 Å². The van der Waals surface area contributed by atoms with Crippen LogP contribution in [0.5, 0.6) is 0 Å². The summed E-state index contributed by atoms with van der Waals surface area (Å²) in [7, 11) is 0. The number of rotatable bonds is 6. The number of nitrogens with zero attached hydrogens (tertiary/aromatic N) is 3. The van der Waals surface area contributed by atoms with Crippen LogP contribution in [0.2, 0.25) is 0 Å². The molecule has 1 aliphatic rings. The molecular weight excluding hydrogens is 425 g/mol. The smallest absolute Gasteiger partial charge is 0.663 e. The van der Waals surface area contributed by atoms with Gasteiger partial charge in [-0.1, -0.05) is 41.5 Å². The molecule has 0 saturated carbocycles. The van der Waals surface area contributed by atoms with Crippen LogP contribution in [0.1, 0.15) is 48.0 Å². The first-order chi connectivity index (χ1) is 9.74. The van der Waals surface area contributed by atoms with Crippen molar-refractivity contribution in [3.63, 3.8) is 0 Å². The van der Waals surface area contributed by atoms with Gasteiger partial charge in [-0.15, -0.1) is 6.42 Å².